The molecule has 132 valence electrons. The van der Waals surface area contributed by atoms with E-state index >= 15 is 0 Å². The minimum atomic E-state index is 0.647. The van der Waals surface area contributed by atoms with Gasteiger partial charge >= 0.3 is 0 Å². The van der Waals surface area contributed by atoms with Gasteiger partial charge in [-0.15, -0.1) is 0 Å². The summed E-state index contributed by atoms with van der Waals surface area (Å²) in [5, 5.41) is 2.65. The first kappa shape index (κ1) is 19.0. The van der Waals surface area contributed by atoms with Gasteiger partial charge in [-0.1, -0.05) is 101 Å². The molecule has 1 nitrogen and oxygen atoms in total. The van der Waals surface area contributed by atoms with Gasteiger partial charge in [0.05, 0.1) is 0 Å². The number of benzene rings is 2. The Morgan fingerprint density at radius 1 is 0.708 bits per heavy atom. The lowest BCUT2D eigenvalue weighted by Crippen LogP contribution is -2.03. The van der Waals surface area contributed by atoms with Crippen molar-refractivity contribution in [2.24, 2.45) is 5.73 Å². The van der Waals surface area contributed by atoms with Crippen molar-refractivity contribution in [3.8, 4) is 0 Å². The third kappa shape index (κ3) is 5.94. The van der Waals surface area contributed by atoms with Gasteiger partial charge in [0.2, 0.25) is 0 Å². The van der Waals surface area contributed by atoms with E-state index in [2.05, 4.69) is 43.3 Å². The van der Waals surface area contributed by atoms with Crippen molar-refractivity contribution < 1.29 is 0 Å². The van der Waals surface area contributed by atoms with Gasteiger partial charge in [-0.2, -0.15) is 0 Å². The fourth-order valence-electron chi connectivity index (χ4n) is 3.66. The maximum Gasteiger partial charge on any atom is 0.0187 e. The topological polar surface area (TPSA) is 26.0 Å². The fourth-order valence-corrected chi connectivity index (χ4v) is 3.66. The lowest BCUT2D eigenvalue weighted by Gasteiger charge is -2.11. The lowest BCUT2D eigenvalue weighted by atomic mass is 9.95. The molecular weight excluding hydrogens is 290 g/mol. The Balaban J connectivity index is 1.68. The van der Waals surface area contributed by atoms with Crippen LogP contribution in [0.2, 0.25) is 0 Å². The van der Waals surface area contributed by atoms with Crippen molar-refractivity contribution in [3.63, 3.8) is 0 Å². The molecule has 0 unspecified atom stereocenters. The van der Waals surface area contributed by atoms with Crippen LogP contribution in [0.1, 0.15) is 82.3 Å². The Hall–Kier alpha value is -1.34. The van der Waals surface area contributed by atoms with Gasteiger partial charge < -0.3 is 5.73 Å². The molecule has 0 heterocycles. The molecule has 1 heteroatoms. The van der Waals surface area contributed by atoms with E-state index in [-0.39, 0.29) is 0 Å². The Labute approximate surface area is 148 Å². The van der Waals surface area contributed by atoms with Crippen LogP contribution in [-0.4, -0.2) is 0 Å². The predicted molar refractivity (Wildman–Crippen MR) is 107 cm³/mol. The number of hydrogen-bond donors (Lipinski definition) is 1. The van der Waals surface area contributed by atoms with Crippen molar-refractivity contribution in [1.29, 1.82) is 0 Å². The van der Waals surface area contributed by atoms with Crippen molar-refractivity contribution in [3.05, 3.63) is 47.5 Å². The van der Waals surface area contributed by atoms with E-state index in [1.165, 1.54) is 92.5 Å². The molecule has 2 N–H and O–H groups in total. The monoisotopic (exact) mass is 325 g/mol. The molecule has 2 aromatic carbocycles. The zero-order valence-electron chi connectivity index (χ0n) is 15.5. The minimum Gasteiger partial charge on any atom is -0.326 e. The van der Waals surface area contributed by atoms with Crippen LogP contribution in [0, 0.1) is 0 Å². The normalized spacial score (nSPS) is 11.2. The average molecular weight is 326 g/mol. The number of hydrogen-bond acceptors (Lipinski definition) is 1. The number of nitrogens with two attached hydrogens (primary N) is 1. The second-order valence-corrected chi connectivity index (χ2v) is 7.06. The summed E-state index contributed by atoms with van der Waals surface area (Å²) in [6, 6.07) is 13.1. The molecule has 0 amide bonds. The summed E-state index contributed by atoms with van der Waals surface area (Å²) in [6.45, 7) is 2.93. The van der Waals surface area contributed by atoms with E-state index in [4.69, 9.17) is 5.73 Å². The van der Waals surface area contributed by atoms with Crippen molar-refractivity contribution in [2.45, 2.75) is 84.1 Å². The van der Waals surface area contributed by atoms with E-state index < -0.39 is 0 Å². The van der Waals surface area contributed by atoms with Crippen molar-refractivity contribution in [2.75, 3.05) is 0 Å². The molecule has 0 aliphatic carbocycles. The number of rotatable bonds is 12. The second-order valence-electron chi connectivity index (χ2n) is 7.06. The SMILES string of the molecule is CCCCCCCCCCCCc1ccc2ccccc2c1CN. The Morgan fingerprint density at radius 3 is 2.00 bits per heavy atom. The molecule has 0 saturated carbocycles. The summed E-state index contributed by atoms with van der Waals surface area (Å²) < 4.78 is 0. The van der Waals surface area contributed by atoms with Gasteiger partial charge in [-0.25, -0.2) is 0 Å². The molecule has 2 aromatic rings. The van der Waals surface area contributed by atoms with Crippen LogP contribution in [0.3, 0.4) is 0 Å². The van der Waals surface area contributed by atoms with Gasteiger partial charge in [0.15, 0.2) is 0 Å². The highest BCUT2D eigenvalue weighted by Gasteiger charge is 2.05. The molecule has 0 saturated heterocycles. The molecule has 0 atom stereocenters. The van der Waals surface area contributed by atoms with Gasteiger partial charge in [-0.3, -0.25) is 0 Å². The molecule has 2 rings (SSSR count). The first-order chi connectivity index (χ1) is 11.9. The highest BCUT2D eigenvalue weighted by atomic mass is 14.5. The van der Waals surface area contributed by atoms with Crippen LogP contribution >= 0.6 is 0 Å². The van der Waals surface area contributed by atoms with Gasteiger partial charge in [-0.05, 0) is 34.7 Å². The highest BCUT2D eigenvalue weighted by molar-refractivity contribution is 5.86. The Kier molecular flexibility index (Phi) is 8.91. The van der Waals surface area contributed by atoms with Crippen LogP contribution in [0.15, 0.2) is 36.4 Å². The Morgan fingerprint density at radius 2 is 1.33 bits per heavy atom. The van der Waals surface area contributed by atoms with E-state index in [1.807, 2.05) is 0 Å². The molecule has 0 aromatic heterocycles. The fraction of sp³-hybridized carbons (Fsp3) is 0.565. The average Bonchev–Trinajstić information content (AvgIpc) is 2.62. The molecule has 0 bridgehead atoms. The third-order valence-corrected chi connectivity index (χ3v) is 5.14. The molecular formula is C23H35N. The third-order valence-electron chi connectivity index (χ3n) is 5.14. The van der Waals surface area contributed by atoms with E-state index in [1.54, 1.807) is 0 Å². The van der Waals surface area contributed by atoms with Gasteiger partial charge in [0.1, 0.15) is 0 Å². The van der Waals surface area contributed by atoms with Gasteiger partial charge in [0.25, 0.3) is 0 Å². The molecule has 24 heavy (non-hydrogen) atoms. The summed E-state index contributed by atoms with van der Waals surface area (Å²) in [5.74, 6) is 0. The molecule has 0 radical (unpaired) electrons. The summed E-state index contributed by atoms with van der Waals surface area (Å²) in [6.07, 6.45) is 15.1. The standard InChI is InChI=1S/C23H35N/c1-2-3-4-5-6-7-8-9-10-11-14-21-18-17-20-15-12-13-16-22(20)23(21)19-24/h12-13,15-18H,2-11,14,19,24H2,1H3. The molecule has 0 spiro atoms. The highest BCUT2D eigenvalue weighted by Crippen LogP contribution is 2.24. The van der Waals surface area contributed by atoms with Crippen LogP contribution in [-0.2, 0) is 13.0 Å². The number of fused-ring (bicyclic) bond motifs is 1. The van der Waals surface area contributed by atoms with Crippen LogP contribution < -0.4 is 5.73 Å². The minimum absolute atomic E-state index is 0.647. The van der Waals surface area contributed by atoms with E-state index in [0.717, 1.165) is 0 Å². The zero-order valence-corrected chi connectivity index (χ0v) is 15.5. The number of unbranched alkanes of at least 4 members (excludes halogenated alkanes) is 9. The molecule has 0 aliphatic rings. The van der Waals surface area contributed by atoms with Crippen molar-refractivity contribution >= 4 is 10.8 Å². The number of aryl methyl sites for hydroxylation is 1. The van der Waals surface area contributed by atoms with Crippen LogP contribution in [0.4, 0.5) is 0 Å². The maximum atomic E-state index is 6.04. The molecule has 0 aliphatic heterocycles. The molecule has 0 fully saturated rings. The van der Waals surface area contributed by atoms with E-state index in [0.29, 0.717) is 6.54 Å². The van der Waals surface area contributed by atoms with Crippen molar-refractivity contribution in [1.82, 2.24) is 0 Å². The first-order valence-electron chi connectivity index (χ1n) is 10.1. The van der Waals surface area contributed by atoms with Crippen LogP contribution in [0.5, 0.6) is 0 Å². The summed E-state index contributed by atoms with van der Waals surface area (Å²) in [7, 11) is 0. The predicted octanol–water partition coefficient (Wildman–Crippen LogP) is 6.76. The lowest BCUT2D eigenvalue weighted by molar-refractivity contribution is 0.556. The summed E-state index contributed by atoms with van der Waals surface area (Å²) in [5.41, 5.74) is 8.84. The van der Waals surface area contributed by atoms with E-state index in [9.17, 15) is 0 Å². The smallest absolute Gasteiger partial charge is 0.0187 e. The van der Waals surface area contributed by atoms with Crippen LogP contribution in [0.25, 0.3) is 10.8 Å². The zero-order chi connectivity index (χ0) is 17.0. The quantitative estimate of drug-likeness (QED) is 0.428. The first-order valence-corrected chi connectivity index (χ1v) is 10.1. The van der Waals surface area contributed by atoms with Gasteiger partial charge in [0, 0.05) is 6.54 Å². The summed E-state index contributed by atoms with van der Waals surface area (Å²) >= 11 is 0. The summed E-state index contributed by atoms with van der Waals surface area (Å²) in [4.78, 5) is 0. The maximum absolute atomic E-state index is 6.04. The largest absolute Gasteiger partial charge is 0.326 e. The Bertz CT molecular complexity index is 588. The second kappa shape index (κ2) is 11.3.